The molecule has 0 bridgehead atoms. The molecule has 0 spiro atoms. The van der Waals surface area contributed by atoms with Crippen LogP contribution >= 0.6 is 38.5 Å². The summed E-state index contributed by atoms with van der Waals surface area (Å²) in [4.78, 5) is 12.8. The second-order valence-corrected chi connectivity index (χ2v) is 3.03. The van der Waals surface area contributed by atoms with Crippen molar-refractivity contribution in [2.24, 2.45) is 0 Å². The van der Waals surface area contributed by atoms with Gasteiger partial charge in [0.05, 0.1) is 12.7 Å². The SMILES string of the molecule is CI.COC(=O)c1ccc(Br)cc1F. The van der Waals surface area contributed by atoms with Crippen LogP contribution in [0, 0.1) is 5.82 Å². The minimum Gasteiger partial charge on any atom is -0.465 e. The number of esters is 1. The van der Waals surface area contributed by atoms with Crippen LogP contribution in [0.1, 0.15) is 10.4 Å². The van der Waals surface area contributed by atoms with Crippen molar-refractivity contribution in [1.29, 1.82) is 0 Å². The average molecular weight is 375 g/mol. The second-order valence-electron chi connectivity index (χ2n) is 2.12. The molecule has 0 fully saturated rings. The summed E-state index contributed by atoms with van der Waals surface area (Å²) in [5, 5.41) is 0. The van der Waals surface area contributed by atoms with E-state index in [1.54, 1.807) is 6.07 Å². The Kier molecular flexibility index (Phi) is 7.08. The summed E-state index contributed by atoms with van der Waals surface area (Å²) in [5.74, 6) is -1.25. The van der Waals surface area contributed by atoms with E-state index in [0.29, 0.717) is 4.47 Å². The fourth-order valence-corrected chi connectivity index (χ4v) is 1.10. The third-order valence-electron chi connectivity index (χ3n) is 1.34. The van der Waals surface area contributed by atoms with Gasteiger partial charge in [0.25, 0.3) is 0 Å². The predicted molar refractivity (Wildman–Crippen MR) is 65.4 cm³/mol. The molecule has 0 unspecified atom stereocenters. The van der Waals surface area contributed by atoms with Crippen molar-refractivity contribution in [2.45, 2.75) is 0 Å². The molecule has 0 amide bonds. The first-order valence-electron chi connectivity index (χ1n) is 3.56. The molecule has 0 saturated carbocycles. The van der Waals surface area contributed by atoms with Crippen LogP contribution in [0.3, 0.4) is 0 Å². The van der Waals surface area contributed by atoms with Crippen LogP contribution in [0.2, 0.25) is 0 Å². The molecule has 0 aromatic heterocycles. The van der Waals surface area contributed by atoms with Gasteiger partial charge in [-0.05, 0) is 23.1 Å². The van der Waals surface area contributed by atoms with E-state index >= 15 is 0 Å². The Labute approximate surface area is 104 Å². The molecule has 1 aromatic carbocycles. The number of rotatable bonds is 1. The Morgan fingerprint density at radius 1 is 1.50 bits per heavy atom. The summed E-state index contributed by atoms with van der Waals surface area (Å²) in [6, 6.07) is 4.16. The quantitative estimate of drug-likeness (QED) is 0.427. The number of methoxy groups -OCH3 is 1. The Bertz CT molecular complexity index is 318. The molecule has 0 radical (unpaired) electrons. The standard InChI is InChI=1S/C8H6BrFO2.CH3I/c1-12-8(11)6-3-2-5(9)4-7(6)10;1-2/h2-4H,1H3;1H3. The zero-order valence-electron chi connectivity index (χ0n) is 7.68. The van der Waals surface area contributed by atoms with Gasteiger partial charge in [0.2, 0.25) is 0 Å². The minimum atomic E-state index is -0.667. The van der Waals surface area contributed by atoms with E-state index in [-0.39, 0.29) is 5.56 Å². The fourth-order valence-electron chi connectivity index (χ4n) is 0.765. The van der Waals surface area contributed by atoms with Crippen molar-refractivity contribution in [2.75, 3.05) is 12.0 Å². The molecule has 1 rings (SSSR count). The highest BCUT2D eigenvalue weighted by Crippen LogP contribution is 2.15. The number of halogens is 3. The highest BCUT2D eigenvalue weighted by atomic mass is 127. The largest absolute Gasteiger partial charge is 0.465 e. The lowest BCUT2D eigenvalue weighted by atomic mass is 10.2. The second kappa shape index (κ2) is 7.17. The van der Waals surface area contributed by atoms with E-state index in [1.807, 2.05) is 4.93 Å². The van der Waals surface area contributed by atoms with Crippen LogP contribution in [0.4, 0.5) is 4.39 Å². The van der Waals surface area contributed by atoms with Gasteiger partial charge in [-0.15, -0.1) is 0 Å². The third-order valence-corrected chi connectivity index (χ3v) is 1.83. The van der Waals surface area contributed by atoms with Crippen molar-refractivity contribution < 1.29 is 13.9 Å². The Balaban J connectivity index is 0.000000791. The van der Waals surface area contributed by atoms with Crippen LogP contribution < -0.4 is 0 Å². The highest BCUT2D eigenvalue weighted by Gasteiger charge is 2.10. The Hall–Kier alpha value is -0.170. The van der Waals surface area contributed by atoms with E-state index in [0.717, 1.165) is 0 Å². The van der Waals surface area contributed by atoms with Crippen molar-refractivity contribution in [1.82, 2.24) is 0 Å². The summed E-state index contributed by atoms with van der Waals surface area (Å²) in [6.45, 7) is 0. The summed E-state index contributed by atoms with van der Waals surface area (Å²) < 4.78 is 17.9. The van der Waals surface area contributed by atoms with Crippen molar-refractivity contribution >= 4 is 44.5 Å². The number of alkyl halides is 1. The summed E-state index contributed by atoms with van der Waals surface area (Å²) >= 11 is 5.23. The smallest absolute Gasteiger partial charge is 0.340 e. The zero-order chi connectivity index (χ0) is 11.1. The minimum absolute atomic E-state index is 0.0549. The molecule has 2 nitrogen and oxygen atoms in total. The van der Waals surface area contributed by atoms with Crippen LogP contribution in [-0.4, -0.2) is 18.0 Å². The Morgan fingerprint density at radius 2 is 2.07 bits per heavy atom. The molecule has 0 aliphatic carbocycles. The van der Waals surface area contributed by atoms with Gasteiger partial charge >= 0.3 is 5.97 Å². The molecule has 0 heterocycles. The molecule has 1 aromatic rings. The van der Waals surface area contributed by atoms with Gasteiger partial charge in [0.15, 0.2) is 0 Å². The van der Waals surface area contributed by atoms with E-state index in [1.165, 1.54) is 19.2 Å². The molecule has 0 aliphatic rings. The van der Waals surface area contributed by atoms with Crippen LogP contribution in [0.15, 0.2) is 22.7 Å². The molecule has 5 heteroatoms. The Morgan fingerprint density at radius 3 is 2.50 bits per heavy atom. The molecule has 14 heavy (non-hydrogen) atoms. The van der Waals surface area contributed by atoms with E-state index in [9.17, 15) is 9.18 Å². The van der Waals surface area contributed by atoms with Crippen LogP contribution in [0.25, 0.3) is 0 Å². The maximum Gasteiger partial charge on any atom is 0.340 e. The number of carbonyl (C=O) groups excluding carboxylic acids is 1. The topological polar surface area (TPSA) is 26.3 Å². The van der Waals surface area contributed by atoms with Gasteiger partial charge in [-0.3, -0.25) is 0 Å². The van der Waals surface area contributed by atoms with Gasteiger partial charge in [-0.25, -0.2) is 9.18 Å². The first-order valence-corrected chi connectivity index (χ1v) is 6.51. The summed E-state index contributed by atoms with van der Waals surface area (Å²) in [6.07, 6.45) is 0. The average Bonchev–Trinajstić information content (AvgIpc) is 2.20. The lowest BCUT2D eigenvalue weighted by Gasteiger charge is -2.00. The number of benzene rings is 1. The normalized spacial score (nSPS) is 8.64. The van der Waals surface area contributed by atoms with E-state index in [2.05, 4.69) is 43.3 Å². The molecule has 0 atom stereocenters. The molecule has 0 saturated heterocycles. The number of hydrogen-bond acceptors (Lipinski definition) is 2. The number of ether oxygens (including phenoxy) is 1. The molecule has 0 aliphatic heterocycles. The van der Waals surface area contributed by atoms with E-state index < -0.39 is 11.8 Å². The van der Waals surface area contributed by atoms with Gasteiger partial charge in [0, 0.05) is 4.47 Å². The van der Waals surface area contributed by atoms with Crippen molar-refractivity contribution in [3.8, 4) is 0 Å². The first-order chi connectivity index (χ1) is 6.65. The van der Waals surface area contributed by atoms with Crippen LogP contribution in [-0.2, 0) is 4.74 Å². The predicted octanol–water partition coefficient (Wildman–Crippen LogP) is 3.43. The molecule has 78 valence electrons. The van der Waals surface area contributed by atoms with Crippen LogP contribution in [0.5, 0.6) is 0 Å². The maximum absolute atomic E-state index is 13.0. The third kappa shape index (κ3) is 3.91. The monoisotopic (exact) mass is 374 g/mol. The fraction of sp³-hybridized carbons (Fsp3) is 0.222. The summed E-state index contributed by atoms with van der Waals surface area (Å²) in [5.41, 5.74) is -0.0549. The zero-order valence-corrected chi connectivity index (χ0v) is 11.4. The molecule has 0 N–H and O–H groups in total. The lowest BCUT2D eigenvalue weighted by Crippen LogP contribution is -2.03. The number of carbonyl (C=O) groups is 1. The molecular weight excluding hydrogens is 366 g/mol. The maximum atomic E-state index is 13.0. The first kappa shape index (κ1) is 13.8. The van der Waals surface area contributed by atoms with Gasteiger partial charge in [0.1, 0.15) is 5.82 Å². The van der Waals surface area contributed by atoms with E-state index in [4.69, 9.17) is 0 Å². The lowest BCUT2D eigenvalue weighted by molar-refractivity contribution is 0.0595. The van der Waals surface area contributed by atoms with Gasteiger partial charge in [-0.1, -0.05) is 38.5 Å². The number of hydrogen-bond donors (Lipinski definition) is 0. The molecular formula is C9H9BrFIO2. The van der Waals surface area contributed by atoms with Crippen molar-refractivity contribution in [3.05, 3.63) is 34.1 Å². The highest BCUT2D eigenvalue weighted by molar-refractivity contribution is 14.1. The van der Waals surface area contributed by atoms with Gasteiger partial charge < -0.3 is 4.74 Å². The van der Waals surface area contributed by atoms with Crippen molar-refractivity contribution in [3.63, 3.8) is 0 Å². The summed E-state index contributed by atoms with van der Waals surface area (Å²) in [7, 11) is 1.21. The van der Waals surface area contributed by atoms with Gasteiger partial charge in [-0.2, -0.15) is 0 Å².